The lowest BCUT2D eigenvalue weighted by Gasteiger charge is -2.46. The van der Waals surface area contributed by atoms with Gasteiger partial charge in [0.25, 0.3) is 0 Å². The zero-order chi connectivity index (χ0) is 15.3. The van der Waals surface area contributed by atoms with Crippen LogP contribution >= 0.6 is 0 Å². The van der Waals surface area contributed by atoms with Gasteiger partial charge in [-0.2, -0.15) is 0 Å². The van der Waals surface area contributed by atoms with Crippen LogP contribution in [0.25, 0.3) is 0 Å². The van der Waals surface area contributed by atoms with Crippen LogP contribution in [-0.4, -0.2) is 36.9 Å². The maximum absolute atomic E-state index is 12.5. The SMILES string of the molecule is CCC1(C)CC(NC2CCCCCC2)(C(=O)OC)CCO1. The first-order valence-corrected chi connectivity index (χ1v) is 8.54. The van der Waals surface area contributed by atoms with Crippen molar-refractivity contribution in [3.63, 3.8) is 0 Å². The van der Waals surface area contributed by atoms with Crippen molar-refractivity contribution < 1.29 is 14.3 Å². The van der Waals surface area contributed by atoms with Gasteiger partial charge in [-0.1, -0.05) is 32.6 Å². The van der Waals surface area contributed by atoms with E-state index in [9.17, 15) is 4.79 Å². The van der Waals surface area contributed by atoms with Gasteiger partial charge in [-0.3, -0.25) is 10.1 Å². The number of rotatable bonds is 4. The summed E-state index contributed by atoms with van der Waals surface area (Å²) in [7, 11) is 1.50. The summed E-state index contributed by atoms with van der Waals surface area (Å²) < 4.78 is 11.1. The molecule has 4 heteroatoms. The van der Waals surface area contributed by atoms with Crippen molar-refractivity contribution in [2.24, 2.45) is 0 Å². The number of carbonyl (C=O) groups is 1. The van der Waals surface area contributed by atoms with Gasteiger partial charge in [-0.25, -0.2) is 0 Å². The highest BCUT2D eigenvalue weighted by molar-refractivity contribution is 5.81. The van der Waals surface area contributed by atoms with Crippen LogP contribution in [0, 0.1) is 0 Å². The van der Waals surface area contributed by atoms with Gasteiger partial charge in [0.1, 0.15) is 5.54 Å². The molecule has 0 aromatic carbocycles. The van der Waals surface area contributed by atoms with Crippen LogP contribution in [0.2, 0.25) is 0 Å². The largest absolute Gasteiger partial charge is 0.468 e. The smallest absolute Gasteiger partial charge is 0.326 e. The Labute approximate surface area is 129 Å². The van der Waals surface area contributed by atoms with Gasteiger partial charge in [-0.15, -0.1) is 0 Å². The lowest BCUT2D eigenvalue weighted by Crippen LogP contribution is -2.63. The lowest BCUT2D eigenvalue weighted by atomic mass is 9.78. The van der Waals surface area contributed by atoms with Crippen molar-refractivity contribution >= 4 is 5.97 Å². The number of carbonyl (C=O) groups excluding carboxylic acids is 1. The molecule has 0 spiro atoms. The summed E-state index contributed by atoms with van der Waals surface area (Å²) in [5, 5.41) is 3.70. The van der Waals surface area contributed by atoms with Gasteiger partial charge < -0.3 is 9.47 Å². The molecule has 0 radical (unpaired) electrons. The molecule has 122 valence electrons. The van der Waals surface area contributed by atoms with Crippen molar-refractivity contribution in [1.29, 1.82) is 0 Å². The molecule has 2 atom stereocenters. The fourth-order valence-corrected chi connectivity index (χ4v) is 3.84. The van der Waals surface area contributed by atoms with Gasteiger partial charge in [0.05, 0.1) is 12.7 Å². The van der Waals surface area contributed by atoms with Gasteiger partial charge in [-0.05, 0) is 32.6 Å². The fourth-order valence-electron chi connectivity index (χ4n) is 3.84. The Morgan fingerprint density at radius 2 is 1.95 bits per heavy atom. The minimum absolute atomic E-state index is 0.116. The molecule has 1 heterocycles. The van der Waals surface area contributed by atoms with Crippen LogP contribution in [0.4, 0.5) is 0 Å². The molecule has 1 aliphatic carbocycles. The van der Waals surface area contributed by atoms with Gasteiger partial charge in [0.15, 0.2) is 0 Å². The van der Waals surface area contributed by atoms with Crippen molar-refractivity contribution in [2.45, 2.75) is 88.8 Å². The maximum Gasteiger partial charge on any atom is 0.326 e. The molecule has 1 saturated heterocycles. The van der Waals surface area contributed by atoms with E-state index in [1.54, 1.807) is 0 Å². The first kappa shape index (κ1) is 16.8. The predicted octanol–water partition coefficient (Wildman–Crippen LogP) is 3.19. The molecule has 1 aliphatic heterocycles. The summed E-state index contributed by atoms with van der Waals surface area (Å²) in [6.07, 6.45) is 9.83. The van der Waals surface area contributed by atoms with E-state index in [0.717, 1.165) is 6.42 Å². The second-order valence-electron chi connectivity index (χ2n) is 6.99. The summed E-state index contributed by atoms with van der Waals surface area (Å²) in [5.41, 5.74) is -0.795. The first-order valence-electron chi connectivity index (χ1n) is 8.54. The minimum atomic E-state index is -0.563. The maximum atomic E-state index is 12.5. The Morgan fingerprint density at radius 1 is 1.29 bits per heavy atom. The number of esters is 1. The Kier molecular flexibility index (Phi) is 5.67. The molecular formula is C17H31NO3. The average molecular weight is 297 g/mol. The Hall–Kier alpha value is -0.610. The molecule has 4 nitrogen and oxygen atoms in total. The van der Waals surface area contributed by atoms with E-state index in [4.69, 9.17) is 9.47 Å². The molecule has 21 heavy (non-hydrogen) atoms. The highest BCUT2D eigenvalue weighted by Gasteiger charge is 2.49. The highest BCUT2D eigenvalue weighted by atomic mass is 16.5. The van der Waals surface area contributed by atoms with E-state index in [0.29, 0.717) is 25.5 Å². The van der Waals surface area contributed by atoms with E-state index >= 15 is 0 Å². The van der Waals surface area contributed by atoms with Gasteiger partial charge >= 0.3 is 5.97 Å². The topological polar surface area (TPSA) is 47.6 Å². The quantitative estimate of drug-likeness (QED) is 0.639. The summed E-state index contributed by atoms with van der Waals surface area (Å²) >= 11 is 0. The zero-order valence-corrected chi connectivity index (χ0v) is 13.9. The van der Waals surface area contributed by atoms with Gasteiger partial charge in [0, 0.05) is 19.1 Å². The van der Waals surface area contributed by atoms with E-state index in [1.165, 1.54) is 45.6 Å². The second kappa shape index (κ2) is 7.10. The van der Waals surface area contributed by atoms with E-state index in [2.05, 4.69) is 19.2 Å². The number of ether oxygens (including phenoxy) is 2. The van der Waals surface area contributed by atoms with Crippen molar-refractivity contribution in [3.8, 4) is 0 Å². The highest BCUT2D eigenvalue weighted by Crippen LogP contribution is 2.36. The molecule has 0 bridgehead atoms. The van der Waals surface area contributed by atoms with Crippen LogP contribution in [0.1, 0.15) is 71.6 Å². The molecular weight excluding hydrogens is 266 g/mol. The molecule has 2 fully saturated rings. The molecule has 0 amide bonds. The van der Waals surface area contributed by atoms with Crippen LogP contribution in [0.3, 0.4) is 0 Å². The van der Waals surface area contributed by atoms with Crippen LogP contribution in [-0.2, 0) is 14.3 Å². The van der Waals surface area contributed by atoms with E-state index < -0.39 is 5.54 Å². The minimum Gasteiger partial charge on any atom is -0.468 e. The van der Waals surface area contributed by atoms with Crippen LogP contribution < -0.4 is 5.32 Å². The zero-order valence-electron chi connectivity index (χ0n) is 13.9. The summed E-state index contributed by atoms with van der Waals surface area (Å²) in [5.74, 6) is -0.116. The van der Waals surface area contributed by atoms with Crippen LogP contribution in [0.15, 0.2) is 0 Å². The third kappa shape index (κ3) is 3.98. The Bertz CT molecular complexity index is 352. The van der Waals surface area contributed by atoms with E-state index in [1.807, 2.05) is 0 Å². The third-order valence-corrected chi connectivity index (χ3v) is 5.31. The first-order chi connectivity index (χ1) is 10.0. The van der Waals surface area contributed by atoms with Gasteiger partial charge in [0.2, 0.25) is 0 Å². The normalized spacial score (nSPS) is 35.2. The van der Waals surface area contributed by atoms with Crippen molar-refractivity contribution in [2.75, 3.05) is 13.7 Å². The lowest BCUT2D eigenvalue weighted by molar-refractivity contribution is -0.164. The molecule has 2 aliphatic rings. The van der Waals surface area contributed by atoms with E-state index in [-0.39, 0.29) is 11.6 Å². The van der Waals surface area contributed by atoms with Crippen molar-refractivity contribution in [3.05, 3.63) is 0 Å². The summed E-state index contributed by atoms with van der Waals surface area (Å²) in [6.45, 7) is 4.86. The average Bonchev–Trinajstić information content (AvgIpc) is 2.75. The number of hydrogen-bond acceptors (Lipinski definition) is 4. The number of hydrogen-bond donors (Lipinski definition) is 1. The standard InChI is InChI=1S/C17H31NO3/c1-4-16(2)13-17(11-12-21-16,15(19)20-3)18-14-9-7-5-6-8-10-14/h14,18H,4-13H2,1-3H3. The molecule has 0 aromatic rings. The number of methoxy groups -OCH3 is 1. The third-order valence-electron chi connectivity index (χ3n) is 5.31. The van der Waals surface area contributed by atoms with Crippen LogP contribution in [0.5, 0.6) is 0 Å². The summed E-state index contributed by atoms with van der Waals surface area (Å²) in [6, 6.07) is 0.436. The Balaban J connectivity index is 2.14. The molecule has 2 rings (SSSR count). The monoisotopic (exact) mass is 297 g/mol. The molecule has 0 aromatic heterocycles. The molecule has 2 unspecified atom stereocenters. The van der Waals surface area contributed by atoms with Crippen molar-refractivity contribution in [1.82, 2.24) is 5.32 Å². The molecule has 1 saturated carbocycles. The second-order valence-corrected chi connectivity index (χ2v) is 6.99. The fraction of sp³-hybridized carbons (Fsp3) is 0.941. The number of nitrogens with one attached hydrogen (secondary N) is 1. The predicted molar refractivity (Wildman–Crippen MR) is 83.3 cm³/mol. The summed E-state index contributed by atoms with van der Waals surface area (Å²) in [4.78, 5) is 12.5. The molecule has 1 N–H and O–H groups in total. The Morgan fingerprint density at radius 3 is 2.52 bits per heavy atom.